The summed E-state index contributed by atoms with van der Waals surface area (Å²) >= 11 is 1.01. The van der Waals surface area contributed by atoms with Crippen LogP contribution in [0.2, 0.25) is 0 Å². The number of amides is 1. The molecule has 0 bridgehead atoms. The molecule has 2 aromatic carbocycles. The lowest BCUT2D eigenvalue weighted by Crippen LogP contribution is -2.31. The molecule has 124 valence electrons. The van der Waals surface area contributed by atoms with Gasteiger partial charge in [-0.3, -0.25) is 4.79 Å². The highest BCUT2D eigenvalue weighted by Gasteiger charge is 2.23. The average Bonchev–Trinajstić information content (AvgIpc) is 3.29. The molecule has 0 unspecified atom stereocenters. The summed E-state index contributed by atoms with van der Waals surface area (Å²) in [5.74, 6) is 0.499. The maximum absolute atomic E-state index is 12.5. The van der Waals surface area contributed by atoms with E-state index in [1.807, 2.05) is 66.2 Å². The lowest BCUT2D eigenvalue weighted by atomic mass is 10.1. The number of carbonyl (C=O) groups excluding carboxylic acids is 1. The number of nitrogens with one attached hydrogen (secondary N) is 1. The van der Waals surface area contributed by atoms with Gasteiger partial charge in [-0.2, -0.15) is 8.75 Å². The Morgan fingerprint density at radius 3 is 2.60 bits per heavy atom. The lowest BCUT2D eigenvalue weighted by molar-refractivity contribution is 0.0937. The standard InChI is InChI=1S/C18H15N5OS/c1-23-15-10-6-5-9-13(15)20-17(23)16(12-7-3-2-4-8-12)21-18(24)14-11-19-25-22-14/h2-11,16H,1H3,(H,21,24)/t16-/m1/s1. The number of carbonyl (C=O) groups is 1. The monoisotopic (exact) mass is 349 g/mol. The van der Waals surface area contributed by atoms with E-state index in [0.717, 1.165) is 34.1 Å². The third-order valence-electron chi connectivity index (χ3n) is 4.08. The predicted octanol–water partition coefficient (Wildman–Crippen LogP) is 2.94. The molecule has 6 nitrogen and oxygen atoms in total. The van der Waals surface area contributed by atoms with Crippen molar-refractivity contribution in [2.45, 2.75) is 6.04 Å². The van der Waals surface area contributed by atoms with E-state index in [4.69, 9.17) is 4.98 Å². The molecule has 0 saturated heterocycles. The van der Waals surface area contributed by atoms with Crippen LogP contribution in [-0.2, 0) is 7.05 Å². The molecule has 0 saturated carbocycles. The van der Waals surface area contributed by atoms with Crippen molar-refractivity contribution in [1.82, 2.24) is 23.6 Å². The van der Waals surface area contributed by atoms with Crippen LogP contribution in [0.1, 0.15) is 27.9 Å². The van der Waals surface area contributed by atoms with Gasteiger partial charge in [0.15, 0.2) is 5.69 Å². The zero-order chi connectivity index (χ0) is 17.2. The van der Waals surface area contributed by atoms with Crippen molar-refractivity contribution < 1.29 is 4.79 Å². The number of hydrogen-bond donors (Lipinski definition) is 1. The van der Waals surface area contributed by atoms with Crippen LogP contribution in [0.5, 0.6) is 0 Å². The first-order valence-corrected chi connectivity index (χ1v) is 8.52. The van der Waals surface area contributed by atoms with Crippen LogP contribution in [0.4, 0.5) is 0 Å². The topological polar surface area (TPSA) is 72.7 Å². The summed E-state index contributed by atoms with van der Waals surface area (Å²) in [6, 6.07) is 17.3. The molecule has 0 aliphatic rings. The maximum Gasteiger partial charge on any atom is 0.273 e. The molecule has 0 radical (unpaired) electrons. The van der Waals surface area contributed by atoms with Crippen LogP contribution in [0.25, 0.3) is 11.0 Å². The van der Waals surface area contributed by atoms with Crippen LogP contribution in [0, 0.1) is 0 Å². The third-order valence-corrected chi connectivity index (χ3v) is 4.56. The molecule has 1 N–H and O–H groups in total. The summed E-state index contributed by atoms with van der Waals surface area (Å²) < 4.78 is 9.92. The van der Waals surface area contributed by atoms with Gasteiger partial charge >= 0.3 is 0 Å². The zero-order valence-electron chi connectivity index (χ0n) is 13.5. The van der Waals surface area contributed by atoms with Gasteiger partial charge in [-0.25, -0.2) is 4.98 Å². The summed E-state index contributed by atoms with van der Waals surface area (Å²) in [6.45, 7) is 0. The fourth-order valence-corrected chi connectivity index (χ4v) is 3.25. The number of hydrogen-bond acceptors (Lipinski definition) is 5. The number of para-hydroxylation sites is 2. The quantitative estimate of drug-likeness (QED) is 0.615. The average molecular weight is 349 g/mol. The van der Waals surface area contributed by atoms with Gasteiger partial charge in [-0.15, -0.1) is 0 Å². The Hall–Kier alpha value is -3.06. The van der Waals surface area contributed by atoms with Crippen LogP contribution in [-0.4, -0.2) is 24.2 Å². The summed E-state index contributed by atoms with van der Waals surface area (Å²) in [4.78, 5) is 17.3. The first kappa shape index (κ1) is 15.5. The predicted molar refractivity (Wildman–Crippen MR) is 96.4 cm³/mol. The minimum atomic E-state index is -0.382. The molecule has 0 fully saturated rings. The molecule has 2 aromatic heterocycles. The molecular formula is C18H15N5OS. The molecule has 0 spiro atoms. The maximum atomic E-state index is 12.5. The van der Waals surface area contributed by atoms with Crippen LogP contribution < -0.4 is 5.32 Å². The van der Waals surface area contributed by atoms with Gasteiger partial charge in [0, 0.05) is 7.05 Å². The number of fused-ring (bicyclic) bond motifs is 1. The second-order valence-electron chi connectivity index (χ2n) is 5.63. The Labute approximate surface area is 148 Å². The smallest absolute Gasteiger partial charge is 0.273 e. The zero-order valence-corrected chi connectivity index (χ0v) is 14.3. The Morgan fingerprint density at radius 1 is 1.12 bits per heavy atom. The van der Waals surface area contributed by atoms with E-state index in [0.29, 0.717) is 5.69 Å². The molecular weight excluding hydrogens is 334 g/mol. The fourth-order valence-electron chi connectivity index (χ4n) is 2.83. The fraction of sp³-hybridized carbons (Fsp3) is 0.111. The van der Waals surface area contributed by atoms with Crippen LogP contribution in [0.3, 0.4) is 0 Å². The Kier molecular flexibility index (Phi) is 3.99. The van der Waals surface area contributed by atoms with Gasteiger partial charge in [0.25, 0.3) is 5.91 Å². The highest BCUT2D eigenvalue weighted by atomic mass is 32.1. The molecule has 0 aliphatic heterocycles. The summed E-state index contributed by atoms with van der Waals surface area (Å²) in [7, 11) is 1.96. The van der Waals surface area contributed by atoms with Crippen molar-refractivity contribution in [1.29, 1.82) is 0 Å². The normalized spacial score (nSPS) is 12.2. The van der Waals surface area contributed by atoms with E-state index in [2.05, 4.69) is 14.1 Å². The number of nitrogens with zero attached hydrogens (tertiary/aromatic N) is 4. The van der Waals surface area contributed by atoms with Crippen molar-refractivity contribution in [3.05, 3.63) is 77.9 Å². The molecule has 4 rings (SSSR count). The van der Waals surface area contributed by atoms with E-state index in [1.54, 1.807) is 0 Å². The molecule has 7 heteroatoms. The first-order valence-electron chi connectivity index (χ1n) is 7.79. The molecule has 25 heavy (non-hydrogen) atoms. The van der Waals surface area contributed by atoms with Gasteiger partial charge in [-0.1, -0.05) is 42.5 Å². The van der Waals surface area contributed by atoms with E-state index >= 15 is 0 Å². The van der Waals surface area contributed by atoms with Crippen molar-refractivity contribution in [2.75, 3.05) is 0 Å². The van der Waals surface area contributed by atoms with E-state index in [-0.39, 0.29) is 11.9 Å². The van der Waals surface area contributed by atoms with E-state index < -0.39 is 0 Å². The number of aryl methyl sites for hydroxylation is 1. The van der Waals surface area contributed by atoms with Crippen LogP contribution in [0.15, 0.2) is 60.8 Å². The Bertz CT molecular complexity index is 1010. The molecule has 4 aromatic rings. The minimum Gasteiger partial charge on any atom is -0.337 e. The second kappa shape index (κ2) is 6.45. The van der Waals surface area contributed by atoms with Gasteiger partial charge in [-0.05, 0) is 17.7 Å². The molecule has 2 heterocycles. The number of benzene rings is 2. The van der Waals surface area contributed by atoms with E-state index in [9.17, 15) is 4.79 Å². The highest BCUT2D eigenvalue weighted by molar-refractivity contribution is 6.99. The van der Waals surface area contributed by atoms with Gasteiger partial charge in [0.2, 0.25) is 0 Å². The second-order valence-corrected chi connectivity index (χ2v) is 6.18. The number of imidazole rings is 1. The van der Waals surface area contributed by atoms with Crippen molar-refractivity contribution >= 4 is 28.7 Å². The third kappa shape index (κ3) is 2.89. The molecule has 1 amide bonds. The largest absolute Gasteiger partial charge is 0.337 e. The molecule has 0 aliphatic carbocycles. The van der Waals surface area contributed by atoms with Crippen molar-refractivity contribution in [2.24, 2.45) is 7.05 Å². The van der Waals surface area contributed by atoms with Gasteiger partial charge in [0.1, 0.15) is 11.9 Å². The van der Waals surface area contributed by atoms with Crippen LogP contribution >= 0.6 is 11.7 Å². The highest BCUT2D eigenvalue weighted by Crippen LogP contribution is 2.25. The summed E-state index contributed by atoms with van der Waals surface area (Å²) in [5, 5.41) is 3.04. The summed E-state index contributed by atoms with van der Waals surface area (Å²) in [6.07, 6.45) is 1.47. The summed E-state index contributed by atoms with van der Waals surface area (Å²) in [5.41, 5.74) is 3.18. The Balaban J connectivity index is 1.79. The minimum absolute atomic E-state index is 0.269. The lowest BCUT2D eigenvalue weighted by Gasteiger charge is -2.18. The Morgan fingerprint density at radius 2 is 1.88 bits per heavy atom. The SMILES string of the molecule is Cn1c([C@H](NC(=O)c2cnsn2)c2ccccc2)nc2ccccc21. The number of rotatable bonds is 4. The van der Waals surface area contributed by atoms with Crippen molar-refractivity contribution in [3.63, 3.8) is 0 Å². The van der Waals surface area contributed by atoms with E-state index in [1.165, 1.54) is 6.20 Å². The number of aromatic nitrogens is 4. The van der Waals surface area contributed by atoms with Gasteiger partial charge < -0.3 is 9.88 Å². The first-order chi connectivity index (χ1) is 12.2. The van der Waals surface area contributed by atoms with Crippen molar-refractivity contribution in [3.8, 4) is 0 Å². The molecule has 1 atom stereocenters. The van der Waals surface area contributed by atoms with Gasteiger partial charge in [0.05, 0.1) is 29.0 Å².